The van der Waals surface area contributed by atoms with Gasteiger partial charge in [0.2, 0.25) is 10.0 Å². The Bertz CT molecular complexity index is 984. The summed E-state index contributed by atoms with van der Waals surface area (Å²) in [6, 6.07) is 12.1. The van der Waals surface area contributed by atoms with Gasteiger partial charge in [-0.3, -0.25) is 4.79 Å². The zero-order valence-corrected chi connectivity index (χ0v) is 17.7. The molecule has 0 spiro atoms. The molecule has 1 aliphatic rings. The van der Waals surface area contributed by atoms with E-state index < -0.39 is 10.0 Å². The Hall–Kier alpha value is -2.42. The maximum absolute atomic E-state index is 13.2. The first-order chi connectivity index (χ1) is 13.8. The van der Waals surface area contributed by atoms with Crippen molar-refractivity contribution in [2.75, 3.05) is 40.5 Å². The van der Waals surface area contributed by atoms with Gasteiger partial charge in [-0.1, -0.05) is 29.8 Å². The second-order valence-electron chi connectivity index (χ2n) is 6.99. The Kier molecular flexibility index (Phi) is 6.56. The van der Waals surface area contributed by atoms with Crippen molar-refractivity contribution in [1.29, 1.82) is 0 Å². The summed E-state index contributed by atoms with van der Waals surface area (Å²) in [4.78, 5) is 14.7. The Balaban J connectivity index is 1.89. The van der Waals surface area contributed by atoms with E-state index in [2.05, 4.69) is 0 Å². The minimum absolute atomic E-state index is 0.0231. The van der Waals surface area contributed by atoms with E-state index in [4.69, 9.17) is 9.47 Å². The van der Waals surface area contributed by atoms with Crippen LogP contribution in [0.15, 0.2) is 47.4 Å². The molecule has 29 heavy (non-hydrogen) atoms. The molecule has 3 rings (SSSR count). The largest absolute Gasteiger partial charge is 0.496 e. The number of morpholine rings is 1. The van der Waals surface area contributed by atoms with Crippen LogP contribution in [0.4, 0.5) is 0 Å². The Morgan fingerprint density at radius 3 is 2.55 bits per heavy atom. The molecule has 0 radical (unpaired) electrons. The van der Waals surface area contributed by atoms with E-state index in [1.54, 1.807) is 32.4 Å². The van der Waals surface area contributed by atoms with Crippen molar-refractivity contribution < 1.29 is 22.7 Å². The van der Waals surface area contributed by atoms with Crippen LogP contribution >= 0.6 is 0 Å². The van der Waals surface area contributed by atoms with Gasteiger partial charge >= 0.3 is 0 Å². The van der Waals surface area contributed by atoms with E-state index in [0.29, 0.717) is 25.5 Å². The molecule has 8 heteroatoms. The molecule has 0 saturated carbocycles. The molecule has 0 bridgehead atoms. The number of aryl methyl sites for hydroxylation is 1. The lowest BCUT2D eigenvalue weighted by atomic mass is 10.1. The third kappa shape index (κ3) is 4.60. The molecule has 7 nitrogen and oxygen atoms in total. The molecule has 1 aliphatic heterocycles. The van der Waals surface area contributed by atoms with E-state index >= 15 is 0 Å². The lowest BCUT2D eigenvalue weighted by Gasteiger charge is -2.27. The van der Waals surface area contributed by atoms with E-state index in [1.807, 2.05) is 25.1 Å². The van der Waals surface area contributed by atoms with Crippen molar-refractivity contribution in [2.24, 2.45) is 0 Å². The molecule has 1 amide bonds. The predicted molar refractivity (Wildman–Crippen MR) is 110 cm³/mol. The van der Waals surface area contributed by atoms with Crippen LogP contribution in [0.2, 0.25) is 0 Å². The third-order valence-corrected chi connectivity index (χ3v) is 6.85. The molecule has 156 valence electrons. The molecule has 1 fully saturated rings. The maximum atomic E-state index is 13.2. The highest BCUT2D eigenvalue weighted by atomic mass is 32.2. The molecule has 0 aliphatic carbocycles. The van der Waals surface area contributed by atoms with Gasteiger partial charge in [0.25, 0.3) is 5.91 Å². The molecule has 0 atom stereocenters. The zero-order chi connectivity index (χ0) is 21.0. The third-order valence-electron chi connectivity index (χ3n) is 4.90. The second-order valence-corrected chi connectivity index (χ2v) is 8.90. The number of hydrogen-bond acceptors (Lipinski definition) is 5. The highest BCUT2D eigenvalue weighted by Gasteiger charge is 2.31. The minimum Gasteiger partial charge on any atom is -0.496 e. The lowest BCUT2D eigenvalue weighted by Crippen LogP contribution is -2.41. The summed E-state index contributed by atoms with van der Waals surface area (Å²) in [6.45, 7) is 3.53. The second kappa shape index (κ2) is 8.94. The van der Waals surface area contributed by atoms with Crippen molar-refractivity contribution in [3.63, 3.8) is 0 Å². The molecular formula is C21H26N2O5S. The molecule has 2 aromatic carbocycles. The van der Waals surface area contributed by atoms with Gasteiger partial charge in [-0.05, 0) is 25.1 Å². The number of nitrogens with zero attached hydrogens (tertiary/aromatic N) is 2. The van der Waals surface area contributed by atoms with Gasteiger partial charge in [-0.15, -0.1) is 0 Å². The predicted octanol–water partition coefficient (Wildman–Crippen LogP) is 2.30. The van der Waals surface area contributed by atoms with Crippen molar-refractivity contribution in [3.8, 4) is 5.75 Å². The summed E-state index contributed by atoms with van der Waals surface area (Å²) < 4.78 is 38.2. The van der Waals surface area contributed by atoms with Gasteiger partial charge in [0.05, 0.1) is 30.8 Å². The summed E-state index contributed by atoms with van der Waals surface area (Å²) >= 11 is 0. The number of carbonyl (C=O) groups excluding carboxylic acids is 1. The average Bonchev–Trinajstić information content (AvgIpc) is 2.74. The number of methoxy groups -OCH3 is 1. The first-order valence-corrected chi connectivity index (χ1v) is 10.8. The van der Waals surface area contributed by atoms with Crippen LogP contribution in [0.25, 0.3) is 0 Å². The van der Waals surface area contributed by atoms with Crippen molar-refractivity contribution in [1.82, 2.24) is 9.21 Å². The van der Waals surface area contributed by atoms with Crippen LogP contribution < -0.4 is 4.74 Å². The standard InChI is InChI=1S/C21H26N2O5S/c1-16-8-9-19(27-3)17(14-16)15-22(2)21(24)18-6-4-5-7-20(18)29(25,26)23-10-12-28-13-11-23/h4-9,14H,10-13,15H2,1-3H3. The van der Waals surface area contributed by atoms with E-state index in [1.165, 1.54) is 15.3 Å². The van der Waals surface area contributed by atoms with Crippen LogP contribution in [-0.4, -0.2) is 64.0 Å². The summed E-state index contributed by atoms with van der Waals surface area (Å²) in [5.74, 6) is 0.325. The molecule has 0 unspecified atom stereocenters. The molecule has 1 saturated heterocycles. The highest BCUT2D eigenvalue weighted by molar-refractivity contribution is 7.89. The zero-order valence-electron chi connectivity index (χ0n) is 16.9. The first kappa shape index (κ1) is 21.3. The number of hydrogen-bond donors (Lipinski definition) is 0. The number of sulfonamides is 1. The number of carbonyl (C=O) groups is 1. The number of amides is 1. The topological polar surface area (TPSA) is 76.2 Å². The quantitative estimate of drug-likeness (QED) is 0.720. The van der Waals surface area contributed by atoms with Gasteiger partial charge < -0.3 is 14.4 Å². The number of ether oxygens (including phenoxy) is 2. The Morgan fingerprint density at radius 2 is 1.86 bits per heavy atom. The van der Waals surface area contributed by atoms with Crippen LogP contribution in [0.1, 0.15) is 21.5 Å². The van der Waals surface area contributed by atoms with E-state index in [-0.39, 0.29) is 29.5 Å². The molecule has 0 aromatic heterocycles. The number of rotatable bonds is 6. The highest BCUT2D eigenvalue weighted by Crippen LogP contribution is 2.25. The smallest absolute Gasteiger partial charge is 0.255 e. The Labute approximate surface area is 171 Å². The first-order valence-electron chi connectivity index (χ1n) is 9.40. The van der Waals surface area contributed by atoms with Gasteiger partial charge in [0.15, 0.2) is 0 Å². The van der Waals surface area contributed by atoms with Crippen molar-refractivity contribution in [2.45, 2.75) is 18.4 Å². The monoisotopic (exact) mass is 418 g/mol. The van der Waals surface area contributed by atoms with Crippen LogP contribution in [0.5, 0.6) is 5.75 Å². The maximum Gasteiger partial charge on any atom is 0.255 e. The fourth-order valence-corrected chi connectivity index (χ4v) is 4.95. The van der Waals surface area contributed by atoms with Crippen LogP contribution in [0.3, 0.4) is 0 Å². The van der Waals surface area contributed by atoms with Crippen LogP contribution in [0, 0.1) is 6.92 Å². The van der Waals surface area contributed by atoms with E-state index in [9.17, 15) is 13.2 Å². The normalized spacial score (nSPS) is 15.1. The Morgan fingerprint density at radius 1 is 1.17 bits per heavy atom. The minimum atomic E-state index is -3.78. The van der Waals surface area contributed by atoms with Crippen molar-refractivity contribution in [3.05, 3.63) is 59.2 Å². The molecule has 1 heterocycles. The molecular weight excluding hydrogens is 392 g/mol. The van der Waals surface area contributed by atoms with Gasteiger partial charge in [0, 0.05) is 32.2 Å². The van der Waals surface area contributed by atoms with Gasteiger partial charge in [-0.25, -0.2) is 8.42 Å². The number of benzene rings is 2. The fourth-order valence-electron chi connectivity index (χ4n) is 3.36. The van der Waals surface area contributed by atoms with Crippen molar-refractivity contribution >= 4 is 15.9 Å². The van der Waals surface area contributed by atoms with Crippen LogP contribution in [-0.2, 0) is 21.3 Å². The summed E-state index contributed by atoms with van der Waals surface area (Å²) in [6.07, 6.45) is 0. The lowest BCUT2D eigenvalue weighted by molar-refractivity contribution is 0.0727. The molecule has 2 aromatic rings. The van der Waals surface area contributed by atoms with Gasteiger partial charge in [-0.2, -0.15) is 4.31 Å². The summed E-state index contributed by atoms with van der Waals surface area (Å²) in [5, 5.41) is 0. The fraction of sp³-hybridized carbons (Fsp3) is 0.381. The average molecular weight is 419 g/mol. The van der Waals surface area contributed by atoms with E-state index in [0.717, 1.165) is 11.1 Å². The summed E-state index contributed by atoms with van der Waals surface area (Å²) in [5.41, 5.74) is 2.07. The SMILES string of the molecule is COc1ccc(C)cc1CN(C)C(=O)c1ccccc1S(=O)(=O)N1CCOCC1. The summed E-state index contributed by atoms with van der Waals surface area (Å²) in [7, 11) is -0.544. The molecule has 0 N–H and O–H groups in total. The van der Waals surface area contributed by atoms with Gasteiger partial charge in [0.1, 0.15) is 5.75 Å².